The molecular weight excluding hydrogens is 264 g/mol. The normalized spacial score (nSPS) is 23.2. The van der Waals surface area contributed by atoms with E-state index in [1.54, 1.807) is 5.57 Å². The van der Waals surface area contributed by atoms with E-state index in [9.17, 15) is 0 Å². The summed E-state index contributed by atoms with van der Waals surface area (Å²) in [5.41, 5.74) is 2.11. The van der Waals surface area contributed by atoms with E-state index in [0.717, 1.165) is 30.6 Å². The first-order valence-corrected chi connectivity index (χ1v) is 9.33. The number of hydrogen-bond acceptors (Lipinski definition) is 0. The lowest BCUT2D eigenvalue weighted by Gasteiger charge is -2.28. The topological polar surface area (TPSA) is 0 Å². The van der Waals surface area contributed by atoms with Gasteiger partial charge in [-0.1, -0.05) is 57.9 Å². The van der Waals surface area contributed by atoms with Crippen molar-refractivity contribution in [1.29, 1.82) is 0 Å². The Morgan fingerprint density at radius 2 is 1.95 bits per heavy atom. The monoisotopic (exact) mass is 302 g/mol. The van der Waals surface area contributed by atoms with Crippen molar-refractivity contribution in [3.63, 3.8) is 0 Å². The zero-order chi connectivity index (χ0) is 16.6. The Bertz CT molecular complexity index is 366. The third kappa shape index (κ3) is 7.47. The molecule has 1 aliphatic rings. The average Bonchev–Trinajstić information content (AvgIpc) is 3.20. The second-order valence-corrected chi connectivity index (χ2v) is 8.29. The van der Waals surface area contributed by atoms with Crippen molar-refractivity contribution in [2.75, 3.05) is 0 Å². The van der Waals surface area contributed by atoms with Crippen LogP contribution in [-0.2, 0) is 0 Å². The Balaban J connectivity index is 2.55. The zero-order valence-corrected chi connectivity index (χ0v) is 15.5. The Morgan fingerprint density at radius 1 is 1.23 bits per heavy atom. The maximum atomic E-state index is 3.93. The van der Waals surface area contributed by atoms with Gasteiger partial charge in [0.1, 0.15) is 0 Å². The third-order valence-electron chi connectivity index (χ3n) is 4.98. The second-order valence-electron chi connectivity index (χ2n) is 8.29. The first-order chi connectivity index (χ1) is 10.4. The molecule has 0 nitrogen and oxygen atoms in total. The maximum Gasteiger partial charge on any atom is -0.0198 e. The molecule has 126 valence electrons. The number of unbranched alkanes of at least 4 members (excludes halogenated alkanes) is 1. The van der Waals surface area contributed by atoms with Crippen LogP contribution in [0.25, 0.3) is 0 Å². The molecule has 0 aromatic rings. The lowest BCUT2D eigenvalue weighted by molar-refractivity contribution is 0.298. The van der Waals surface area contributed by atoms with Gasteiger partial charge in [-0.15, -0.1) is 13.2 Å². The van der Waals surface area contributed by atoms with Crippen LogP contribution in [0.15, 0.2) is 37.0 Å². The second kappa shape index (κ2) is 9.38. The van der Waals surface area contributed by atoms with Crippen LogP contribution in [0, 0.1) is 23.2 Å². The summed E-state index contributed by atoms with van der Waals surface area (Å²) in [6, 6.07) is 0. The summed E-state index contributed by atoms with van der Waals surface area (Å²) in [5, 5.41) is 0. The maximum absolute atomic E-state index is 3.93. The Hall–Kier alpha value is -0.780. The van der Waals surface area contributed by atoms with E-state index in [0.29, 0.717) is 5.41 Å². The molecule has 0 N–H and O–H groups in total. The summed E-state index contributed by atoms with van der Waals surface area (Å²) < 4.78 is 0. The minimum absolute atomic E-state index is 0.417. The molecule has 0 heterocycles. The predicted molar refractivity (Wildman–Crippen MR) is 101 cm³/mol. The fraction of sp³-hybridized carbons (Fsp3) is 0.727. The summed E-state index contributed by atoms with van der Waals surface area (Å²) in [7, 11) is 0. The van der Waals surface area contributed by atoms with Gasteiger partial charge in [-0.25, -0.2) is 0 Å². The summed E-state index contributed by atoms with van der Waals surface area (Å²) in [6.45, 7) is 17.2. The van der Waals surface area contributed by atoms with Crippen LogP contribution in [0.4, 0.5) is 0 Å². The van der Waals surface area contributed by atoms with Crippen LogP contribution < -0.4 is 0 Å². The van der Waals surface area contributed by atoms with Crippen molar-refractivity contribution >= 4 is 0 Å². The first kappa shape index (κ1) is 19.3. The zero-order valence-electron chi connectivity index (χ0n) is 15.5. The highest BCUT2D eigenvalue weighted by Gasteiger charge is 2.33. The Labute approximate surface area is 139 Å². The molecule has 0 amide bonds. The molecule has 1 saturated carbocycles. The molecule has 22 heavy (non-hydrogen) atoms. The molecule has 0 aromatic heterocycles. The van der Waals surface area contributed by atoms with Crippen molar-refractivity contribution in [3.05, 3.63) is 37.0 Å². The van der Waals surface area contributed by atoms with Crippen molar-refractivity contribution in [2.45, 2.75) is 79.1 Å². The molecule has 0 bridgehead atoms. The summed E-state index contributed by atoms with van der Waals surface area (Å²) >= 11 is 0. The molecule has 0 saturated heterocycles. The van der Waals surface area contributed by atoms with E-state index < -0.39 is 0 Å². The van der Waals surface area contributed by atoms with Crippen LogP contribution in [0.5, 0.6) is 0 Å². The summed E-state index contributed by atoms with van der Waals surface area (Å²) in [4.78, 5) is 0. The Morgan fingerprint density at radius 3 is 2.45 bits per heavy atom. The van der Waals surface area contributed by atoms with Crippen LogP contribution in [0.3, 0.4) is 0 Å². The van der Waals surface area contributed by atoms with Gasteiger partial charge in [-0.05, 0) is 68.1 Å². The van der Waals surface area contributed by atoms with Gasteiger partial charge in [0.2, 0.25) is 0 Å². The minimum Gasteiger partial charge on any atom is -0.103 e. The third-order valence-corrected chi connectivity index (χ3v) is 4.98. The molecule has 1 fully saturated rings. The van der Waals surface area contributed by atoms with Gasteiger partial charge in [0, 0.05) is 0 Å². The highest BCUT2D eigenvalue weighted by atomic mass is 14.4. The first-order valence-electron chi connectivity index (χ1n) is 9.33. The van der Waals surface area contributed by atoms with Crippen LogP contribution in [-0.4, -0.2) is 0 Å². The molecule has 3 atom stereocenters. The predicted octanol–water partition coefficient (Wildman–Crippen LogP) is 7.33. The largest absolute Gasteiger partial charge is 0.103 e. The fourth-order valence-electron chi connectivity index (χ4n) is 3.66. The molecule has 0 heteroatoms. The van der Waals surface area contributed by atoms with Crippen LogP contribution in [0.2, 0.25) is 0 Å². The highest BCUT2D eigenvalue weighted by Crippen LogP contribution is 2.44. The number of rotatable bonds is 11. The highest BCUT2D eigenvalue weighted by molar-refractivity contribution is 5.08. The van der Waals surface area contributed by atoms with Gasteiger partial charge in [0.25, 0.3) is 0 Å². The van der Waals surface area contributed by atoms with E-state index in [-0.39, 0.29) is 0 Å². The standard InChI is InChI=1S/C22H38/c1-7-10-11-13-18(8-2)21(17-22(4,5)6)15-12-14-20-16-19(20)9-3/h7,9,13,19-21H,1,3,8,10-12,14-17H2,2,4-6H3. The molecule has 0 spiro atoms. The number of hydrogen-bond donors (Lipinski definition) is 0. The molecule has 3 unspecified atom stereocenters. The van der Waals surface area contributed by atoms with E-state index in [2.05, 4.69) is 53.0 Å². The van der Waals surface area contributed by atoms with Gasteiger partial charge < -0.3 is 0 Å². The average molecular weight is 303 g/mol. The lowest BCUT2D eigenvalue weighted by Crippen LogP contribution is -2.15. The van der Waals surface area contributed by atoms with Crippen molar-refractivity contribution in [3.8, 4) is 0 Å². The van der Waals surface area contributed by atoms with E-state index in [1.165, 1.54) is 38.5 Å². The molecule has 0 aromatic carbocycles. The van der Waals surface area contributed by atoms with Gasteiger partial charge in [-0.2, -0.15) is 0 Å². The van der Waals surface area contributed by atoms with Gasteiger partial charge in [-0.3, -0.25) is 0 Å². The van der Waals surface area contributed by atoms with E-state index in [4.69, 9.17) is 0 Å². The Kier molecular flexibility index (Phi) is 8.21. The molecule has 1 rings (SSSR count). The molecule has 1 aliphatic carbocycles. The van der Waals surface area contributed by atoms with Gasteiger partial charge >= 0.3 is 0 Å². The number of allylic oxidation sites excluding steroid dienone is 4. The van der Waals surface area contributed by atoms with Crippen molar-refractivity contribution < 1.29 is 0 Å². The SMILES string of the molecule is C=CCCC=C(CC)C(CCCC1CC1C=C)CC(C)(C)C. The quantitative estimate of drug-likeness (QED) is 0.277. The minimum atomic E-state index is 0.417. The van der Waals surface area contributed by atoms with Crippen molar-refractivity contribution in [1.82, 2.24) is 0 Å². The molecule has 0 aliphatic heterocycles. The van der Waals surface area contributed by atoms with Gasteiger partial charge in [0.15, 0.2) is 0 Å². The molecule has 0 radical (unpaired) electrons. The van der Waals surface area contributed by atoms with E-state index in [1.807, 2.05) is 6.08 Å². The smallest absolute Gasteiger partial charge is 0.0198 e. The van der Waals surface area contributed by atoms with E-state index >= 15 is 0 Å². The molecular formula is C22H38. The summed E-state index contributed by atoms with van der Waals surface area (Å²) in [5.74, 6) is 2.55. The van der Waals surface area contributed by atoms with Gasteiger partial charge in [0.05, 0.1) is 0 Å². The van der Waals surface area contributed by atoms with Crippen LogP contribution in [0.1, 0.15) is 79.1 Å². The fourth-order valence-corrected chi connectivity index (χ4v) is 3.66. The van der Waals surface area contributed by atoms with Crippen molar-refractivity contribution in [2.24, 2.45) is 23.2 Å². The lowest BCUT2D eigenvalue weighted by atomic mass is 9.77. The van der Waals surface area contributed by atoms with Crippen LogP contribution >= 0.6 is 0 Å². The summed E-state index contributed by atoms with van der Waals surface area (Å²) in [6.07, 6.45) is 17.0.